The SMILES string of the molecule is Cc1ccc(F)c(C(=O)N(C)CC(O)CN2CCOCC2)c1. The minimum absolute atomic E-state index is 0.0427. The highest BCUT2D eigenvalue weighted by atomic mass is 19.1. The van der Waals surface area contributed by atoms with E-state index in [9.17, 15) is 14.3 Å². The van der Waals surface area contributed by atoms with E-state index >= 15 is 0 Å². The van der Waals surface area contributed by atoms with Crippen molar-refractivity contribution in [2.75, 3.05) is 46.4 Å². The van der Waals surface area contributed by atoms with Crippen LogP contribution in [0.25, 0.3) is 0 Å². The molecule has 1 fully saturated rings. The molecule has 1 aliphatic heterocycles. The van der Waals surface area contributed by atoms with E-state index in [1.165, 1.54) is 17.0 Å². The Labute approximate surface area is 130 Å². The van der Waals surface area contributed by atoms with Gasteiger partial charge < -0.3 is 14.7 Å². The second-order valence-corrected chi connectivity index (χ2v) is 5.74. The number of rotatable bonds is 5. The number of benzene rings is 1. The number of carbonyl (C=O) groups is 1. The second-order valence-electron chi connectivity index (χ2n) is 5.74. The first-order valence-corrected chi connectivity index (χ1v) is 7.47. The fourth-order valence-electron chi connectivity index (χ4n) is 2.55. The number of likely N-dealkylation sites (N-methyl/N-ethyl adjacent to an activating group) is 1. The molecule has 1 N–H and O–H groups in total. The highest BCUT2D eigenvalue weighted by Gasteiger charge is 2.21. The molecule has 0 spiro atoms. The van der Waals surface area contributed by atoms with Crippen molar-refractivity contribution < 1.29 is 19.0 Å². The smallest absolute Gasteiger partial charge is 0.256 e. The number of morpholine rings is 1. The van der Waals surface area contributed by atoms with Gasteiger partial charge in [0.2, 0.25) is 0 Å². The Hall–Kier alpha value is -1.50. The summed E-state index contributed by atoms with van der Waals surface area (Å²) in [5.74, 6) is -0.952. The molecule has 1 aromatic rings. The summed E-state index contributed by atoms with van der Waals surface area (Å²) >= 11 is 0. The number of amides is 1. The molecule has 5 nitrogen and oxygen atoms in total. The average Bonchev–Trinajstić information content (AvgIpc) is 2.49. The lowest BCUT2D eigenvalue weighted by Gasteiger charge is -2.30. The number of halogens is 1. The maximum absolute atomic E-state index is 13.8. The molecule has 1 heterocycles. The summed E-state index contributed by atoms with van der Waals surface area (Å²) in [5, 5.41) is 10.1. The van der Waals surface area contributed by atoms with Crippen LogP contribution in [0.3, 0.4) is 0 Å². The van der Waals surface area contributed by atoms with Gasteiger partial charge in [-0.1, -0.05) is 11.6 Å². The molecule has 22 heavy (non-hydrogen) atoms. The van der Waals surface area contributed by atoms with Gasteiger partial charge in [-0.2, -0.15) is 0 Å². The van der Waals surface area contributed by atoms with Crippen LogP contribution in [-0.2, 0) is 4.74 Å². The van der Waals surface area contributed by atoms with Gasteiger partial charge in [-0.3, -0.25) is 9.69 Å². The molecule has 6 heteroatoms. The first-order chi connectivity index (χ1) is 10.5. The molecule has 0 saturated carbocycles. The topological polar surface area (TPSA) is 53.0 Å². The van der Waals surface area contributed by atoms with Gasteiger partial charge >= 0.3 is 0 Å². The van der Waals surface area contributed by atoms with Crippen LogP contribution in [0.1, 0.15) is 15.9 Å². The van der Waals surface area contributed by atoms with E-state index in [1.54, 1.807) is 13.1 Å². The van der Waals surface area contributed by atoms with E-state index < -0.39 is 17.8 Å². The van der Waals surface area contributed by atoms with E-state index in [4.69, 9.17) is 4.74 Å². The highest BCUT2D eigenvalue weighted by molar-refractivity contribution is 5.94. The molecule has 0 aromatic heterocycles. The van der Waals surface area contributed by atoms with E-state index in [0.717, 1.165) is 18.7 Å². The summed E-state index contributed by atoms with van der Waals surface area (Å²) in [4.78, 5) is 15.7. The van der Waals surface area contributed by atoms with Gasteiger partial charge in [-0.05, 0) is 19.1 Å². The predicted octanol–water partition coefficient (Wildman–Crippen LogP) is 0.899. The van der Waals surface area contributed by atoms with E-state index in [2.05, 4.69) is 4.90 Å². The summed E-state index contributed by atoms with van der Waals surface area (Å²) in [6.07, 6.45) is -0.667. The second kappa shape index (κ2) is 7.67. The Balaban J connectivity index is 1.91. The molecule has 1 atom stereocenters. The monoisotopic (exact) mass is 310 g/mol. The zero-order valence-electron chi connectivity index (χ0n) is 13.1. The molecule has 1 aliphatic rings. The number of aliphatic hydroxyl groups is 1. The maximum Gasteiger partial charge on any atom is 0.256 e. The number of β-amino-alcohol motifs (C(OH)–C–C–N with tert-alkyl or cyclic N) is 1. The summed E-state index contributed by atoms with van der Waals surface area (Å²) in [7, 11) is 1.58. The first kappa shape index (κ1) is 16.9. The van der Waals surface area contributed by atoms with Crippen LogP contribution in [0.5, 0.6) is 0 Å². The van der Waals surface area contributed by atoms with Crippen LogP contribution in [0, 0.1) is 12.7 Å². The molecular weight excluding hydrogens is 287 g/mol. The van der Waals surface area contributed by atoms with Crippen molar-refractivity contribution in [3.8, 4) is 0 Å². The van der Waals surface area contributed by atoms with Gasteiger partial charge in [-0.15, -0.1) is 0 Å². The van der Waals surface area contributed by atoms with E-state index in [0.29, 0.717) is 19.8 Å². The third-order valence-electron chi connectivity index (χ3n) is 3.76. The zero-order valence-corrected chi connectivity index (χ0v) is 13.1. The Morgan fingerprint density at radius 2 is 2.14 bits per heavy atom. The zero-order chi connectivity index (χ0) is 16.1. The number of ether oxygens (including phenoxy) is 1. The fraction of sp³-hybridized carbons (Fsp3) is 0.562. The number of nitrogens with zero attached hydrogens (tertiary/aromatic N) is 2. The molecule has 1 saturated heterocycles. The minimum atomic E-state index is -0.667. The lowest BCUT2D eigenvalue weighted by molar-refractivity contribution is 0.00874. The summed E-state index contributed by atoms with van der Waals surface area (Å²) in [6.45, 7) is 5.35. The van der Waals surface area contributed by atoms with Gasteiger partial charge in [0.15, 0.2) is 0 Å². The number of carbonyl (C=O) groups excluding carboxylic acids is 1. The highest BCUT2D eigenvalue weighted by Crippen LogP contribution is 2.12. The van der Waals surface area contributed by atoms with Gasteiger partial charge in [0.1, 0.15) is 5.82 Å². The average molecular weight is 310 g/mol. The standard InChI is InChI=1S/C16H23FN2O3/c1-12-3-4-15(17)14(9-12)16(21)18(2)10-13(20)11-19-5-7-22-8-6-19/h3-4,9,13,20H,5-8,10-11H2,1-2H3. The van der Waals surface area contributed by atoms with E-state index in [1.807, 2.05) is 6.92 Å². The molecule has 0 radical (unpaired) electrons. The molecule has 1 amide bonds. The summed E-state index contributed by atoms with van der Waals surface area (Å²) in [5.41, 5.74) is 0.869. The van der Waals surface area contributed by atoms with Crippen molar-refractivity contribution in [3.63, 3.8) is 0 Å². The molecule has 2 rings (SSSR count). The quantitative estimate of drug-likeness (QED) is 0.878. The van der Waals surface area contributed by atoms with Crippen molar-refractivity contribution in [1.29, 1.82) is 0 Å². The van der Waals surface area contributed by atoms with Gasteiger partial charge in [0, 0.05) is 33.2 Å². The Morgan fingerprint density at radius 3 is 2.82 bits per heavy atom. The molecule has 1 aromatic carbocycles. The normalized spacial score (nSPS) is 17.3. The molecule has 1 unspecified atom stereocenters. The van der Waals surface area contributed by atoms with Gasteiger partial charge in [0.05, 0.1) is 24.9 Å². The molecule has 0 bridgehead atoms. The Morgan fingerprint density at radius 1 is 1.45 bits per heavy atom. The number of hydrogen-bond donors (Lipinski definition) is 1. The van der Waals surface area contributed by atoms with Gasteiger partial charge in [-0.25, -0.2) is 4.39 Å². The molecule has 0 aliphatic carbocycles. The van der Waals surface area contributed by atoms with Crippen LogP contribution in [0.4, 0.5) is 4.39 Å². The van der Waals surface area contributed by atoms with Crippen molar-refractivity contribution in [2.45, 2.75) is 13.0 Å². The number of aryl methyl sites for hydroxylation is 1. The van der Waals surface area contributed by atoms with Crippen molar-refractivity contribution in [3.05, 3.63) is 35.1 Å². The van der Waals surface area contributed by atoms with Crippen molar-refractivity contribution in [2.24, 2.45) is 0 Å². The van der Waals surface area contributed by atoms with Crippen LogP contribution in [0.15, 0.2) is 18.2 Å². The minimum Gasteiger partial charge on any atom is -0.390 e. The summed E-state index contributed by atoms with van der Waals surface area (Å²) in [6, 6.07) is 4.45. The largest absolute Gasteiger partial charge is 0.390 e. The van der Waals surface area contributed by atoms with Crippen molar-refractivity contribution >= 4 is 5.91 Å². The summed E-state index contributed by atoms with van der Waals surface area (Å²) < 4.78 is 19.0. The lowest BCUT2D eigenvalue weighted by Crippen LogP contribution is -2.45. The first-order valence-electron chi connectivity index (χ1n) is 7.47. The fourth-order valence-corrected chi connectivity index (χ4v) is 2.55. The molecule has 122 valence electrons. The van der Waals surface area contributed by atoms with Crippen molar-refractivity contribution in [1.82, 2.24) is 9.80 Å². The number of aliphatic hydroxyl groups excluding tert-OH is 1. The van der Waals surface area contributed by atoms with Crippen LogP contribution in [-0.4, -0.2) is 73.4 Å². The van der Waals surface area contributed by atoms with Crippen LogP contribution in [0.2, 0.25) is 0 Å². The van der Waals surface area contributed by atoms with Crippen LogP contribution >= 0.6 is 0 Å². The third-order valence-corrected chi connectivity index (χ3v) is 3.76. The Bertz CT molecular complexity index is 518. The van der Waals surface area contributed by atoms with E-state index in [-0.39, 0.29) is 12.1 Å². The maximum atomic E-state index is 13.8. The Kier molecular flexibility index (Phi) is 5.88. The predicted molar refractivity (Wildman–Crippen MR) is 81.4 cm³/mol. The molecular formula is C16H23FN2O3. The third kappa shape index (κ3) is 4.50. The number of hydrogen-bond acceptors (Lipinski definition) is 4. The van der Waals surface area contributed by atoms with Gasteiger partial charge in [0.25, 0.3) is 5.91 Å². The lowest BCUT2D eigenvalue weighted by atomic mass is 10.1. The van der Waals surface area contributed by atoms with Crippen LogP contribution < -0.4 is 0 Å².